The molecule has 0 saturated heterocycles. The number of esters is 1. The van der Waals surface area contributed by atoms with Crippen LogP contribution in [0, 0.1) is 0 Å². The van der Waals surface area contributed by atoms with E-state index in [4.69, 9.17) is 4.74 Å². The summed E-state index contributed by atoms with van der Waals surface area (Å²) >= 11 is 0. The first-order chi connectivity index (χ1) is 15.7. The summed E-state index contributed by atoms with van der Waals surface area (Å²) in [6.45, 7) is 3.04. The van der Waals surface area contributed by atoms with Crippen LogP contribution in [0.25, 0.3) is 0 Å². The Bertz CT molecular complexity index is 1150. The van der Waals surface area contributed by atoms with Gasteiger partial charge in [-0.05, 0) is 36.4 Å². The number of carbonyl (C=O) groups excluding carboxylic acids is 4. The van der Waals surface area contributed by atoms with Gasteiger partial charge in [0.15, 0.2) is 6.73 Å². The molecule has 1 aliphatic rings. The highest BCUT2D eigenvalue weighted by atomic mass is 32.2. The van der Waals surface area contributed by atoms with E-state index in [2.05, 4.69) is 5.32 Å². The fourth-order valence-electron chi connectivity index (χ4n) is 3.29. The third-order valence-corrected chi connectivity index (χ3v) is 7.15. The number of amides is 3. The van der Waals surface area contributed by atoms with E-state index in [1.165, 1.54) is 40.7 Å². The molecule has 1 heterocycles. The number of hydrogen-bond donors (Lipinski definition) is 1. The van der Waals surface area contributed by atoms with Gasteiger partial charge in [0.25, 0.3) is 17.7 Å². The van der Waals surface area contributed by atoms with Crippen LogP contribution < -0.4 is 5.32 Å². The minimum Gasteiger partial charge on any atom is -0.442 e. The topological polar surface area (TPSA) is 130 Å². The number of fused-ring (bicyclic) bond motifs is 1. The van der Waals surface area contributed by atoms with E-state index in [0.29, 0.717) is 13.1 Å². The van der Waals surface area contributed by atoms with Gasteiger partial charge in [-0.15, -0.1) is 0 Å². The Balaban J connectivity index is 1.52. The maximum atomic E-state index is 12.5. The molecule has 33 heavy (non-hydrogen) atoms. The Morgan fingerprint density at radius 3 is 2.00 bits per heavy atom. The first-order valence-electron chi connectivity index (χ1n) is 10.2. The second kappa shape index (κ2) is 9.92. The highest BCUT2D eigenvalue weighted by molar-refractivity contribution is 7.89. The SMILES string of the molecule is CCN(CC)S(=O)(=O)c1ccc(C(=O)NCC(=O)OCN2C(=O)c3ccccc3C2=O)cc1. The van der Waals surface area contributed by atoms with Crippen LogP contribution in [-0.2, 0) is 19.6 Å². The van der Waals surface area contributed by atoms with Crippen molar-refractivity contribution < 1.29 is 32.3 Å². The maximum absolute atomic E-state index is 12.5. The van der Waals surface area contributed by atoms with Gasteiger partial charge < -0.3 is 10.1 Å². The second-order valence-corrected chi connectivity index (χ2v) is 8.96. The Labute approximate surface area is 191 Å². The summed E-state index contributed by atoms with van der Waals surface area (Å²) in [6, 6.07) is 11.6. The number of carbonyl (C=O) groups is 4. The quantitative estimate of drug-likeness (QED) is 0.428. The first-order valence-corrected chi connectivity index (χ1v) is 11.6. The van der Waals surface area contributed by atoms with Crippen LogP contribution in [0.15, 0.2) is 53.4 Å². The van der Waals surface area contributed by atoms with Crippen molar-refractivity contribution in [3.63, 3.8) is 0 Å². The summed E-state index contributed by atoms with van der Waals surface area (Å²) in [5.41, 5.74) is 0.623. The molecule has 0 spiro atoms. The Morgan fingerprint density at radius 1 is 0.939 bits per heavy atom. The average Bonchev–Trinajstić information content (AvgIpc) is 3.06. The second-order valence-electron chi connectivity index (χ2n) is 7.03. The molecule has 0 fully saturated rings. The molecule has 1 N–H and O–H groups in total. The molecule has 10 nitrogen and oxygen atoms in total. The smallest absolute Gasteiger partial charge is 0.327 e. The molecule has 2 aromatic carbocycles. The summed E-state index contributed by atoms with van der Waals surface area (Å²) < 4.78 is 31.2. The lowest BCUT2D eigenvalue weighted by Crippen LogP contribution is -2.36. The van der Waals surface area contributed by atoms with E-state index in [1.807, 2.05) is 0 Å². The number of hydrogen-bond acceptors (Lipinski definition) is 7. The van der Waals surface area contributed by atoms with Crippen molar-refractivity contribution in [1.82, 2.24) is 14.5 Å². The van der Waals surface area contributed by atoms with Gasteiger partial charge in [0.1, 0.15) is 6.54 Å². The molecule has 3 rings (SSSR count). The van der Waals surface area contributed by atoms with Gasteiger partial charge in [-0.1, -0.05) is 26.0 Å². The number of rotatable bonds is 9. The van der Waals surface area contributed by atoms with E-state index < -0.39 is 47.0 Å². The fourth-order valence-corrected chi connectivity index (χ4v) is 4.75. The predicted molar refractivity (Wildman–Crippen MR) is 117 cm³/mol. The summed E-state index contributed by atoms with van der Waals surface area (Å²) in [6.07, 6.45) is 0. The minimum absolute atomic E-state index is 0.0584. The van der Waals surface area contributed by atoms with Gasteiger partial charge in [0, 0.05) is 18.7 Å². The molecular weight excluding hydrogens is 450 g/mol. The summed E-state index contributed by atoms with van der Waals surface area (Å²) in [5, 5.41) is 2.36. The molecule has 0 aromatic heterocycles. The fraction of sp³-hybridized carbons (Fsp3) is 0.273. The van der Waals surface area contributed by atoms with Crippen molar-refractivity contribution in [3.05, 3.63) is 65.2 Å². The van der Waals surface area contributed by atoms with E-state index >= 15 is 0 Å². The van der Waals surface area contributed by atoms with Crippen LogP contribution in [0.1, 0.15) is 44.9 Å². The zero-order chi connectivity index (χ0) is 24.2. The third-order valence-electron chi connectivity index (χ3n) is 5.09. The standard InChI is InChI=1S/C22H23N3O7S/c1-3-24(4-2)33(30,31)16-11-9-15(10-12-16)20(27)23-13-19(26)32-14-25-21(28)17-7-5-6-8-18(17)22(25)29/h5-12H,3-4,13-14H2,1-2H3,(H,23,27). The van der Waals surface area contributed by atoms with Gasteiger partial charge in [-0.3, -0.25) is 19.2 Å². The van der Waals surface area contributed by atoms with Gasteiger partial charge >= 0.3 is 5.97 Å². The summed E-state index contributed by atoms with van der Waals surface area (Å²) in [5.74, 6) is -2.58. The van der Waals surface area contributed by atoms with Crippen molar-refractivity contribution in [1.29, 1.82) is 0 Å². The summed E-state index contributed by atoms with van der Waals surface area (Å²) in [7, 11) is -3.65. The lowest BCUT2D eigenvalue weighted by Gasteiger charge is -2.18. The number of benzene rings is 2. The van der Waals surface area contributed by atoms with Crippen LogP contribution in [0.5, 0.6) is 0 Å². The number of ether oxygens (including phenoxy) is 1. The molecule has 0 atom stereocenters. The van der Waals surface area contributed by atoms with E-state index in [1.54, 1.807) is 26.0 Å². The van der Waals surface area contributed by atoms with Crippen LogP contribution in [0.3, 0.4) is 0 Å². The Kier molecular flexibility index (Phi) is 7.24. The van der Waals surface area contributed by atoms with Crippen molar-refractivity contribution in [2.75, 3.05) is 26.4 Å². The molecule has 174 valence electrons. The zero-order valence-corrected chi connectivity index (χ0v) is 18.9. The van der Waals surface area contributed by atoms with E-state index in [-0.39, 0.29) is 21.6 Å². The van der Waals surface area contributed by atoms with E-state index in [0.717, 1.165) is 4.90 Å². The molecule has 0 radical (unpaired) electrons. The Hall–Kier alpha value is -3.57. The third kappa shape index (κ3) is 4.94. The van der Waals surface area contributed by atoms with Crippen LogP contribution in [0.4, 0.5) is 0 Å². The van der Waals surface area contributed by atoms with Crippen molar-refractivity contribution in [2.24, 2.45) is 0 Å². The van der Waals surface area contributed by atoms with Crippen molar-refractivity contribution in [2.45, 2.75) is 18.7 Å². The predicted octanol–water partition coefficient (Wildman–Crippen LogP) is 1.24. The van der Waals surface area contributed by atoms with Crippen molar-refractivity contribution >= 4 is 33.7 Å². The largest absolute Gasteiger partial charge is 0.442 e. The van der Waals surface area contributed by atoms with Crippen LogP contribution in [0.2, 0.25) is 0 Å². The number of nitrogens with zero attached hydrogens (tertiary/aromatic N) is 2. The highest BCUT2D eigenvalue weighted by Gasteiger charge is 2.35. The Morgan fingerprint density at radius 2 is 1.48 bits per heavy atom. The lowest BCUT2D eigenvalue weighted by atomic mass is 10.1. The number of nitrogens with one attached hydrogen (secondary N) is 1. The van der Waals surface area contributed by atoms with Gasteiger partial charge in [-0.2, -0.15) is 4.31 Å². The molecule has 1 aliphatic heterocycles. The molecule has 3 amide bonds. The summed E-state index contributed by atoms with van der Waals surface area (Å²) in [4.78, 5) is 49.6. The average molecular weight is 474 g/mol. The zero-order valence-electron chi connectivity index (χ0n) is 18.1. The van der Waals surface area contributed by atoms with Gasteiger partial charge in [0.05, 0.1) is 16.0 Å². The normalized spacial score (nSPS) is 13.2. The minimum atomic E-state index is -3.65. The molecule has 11 heteroatoms. The van der Waals surface area contributed by atoms with E-state index in [9.17, 15) is 27.6 Å². The molecule has 0 aliphatic carbocycles. The molecule has 0 bridgehead atoms. The first kappa shape index (κ1) is 24.1. The maximum Gasteiger partial charge on any atom is 0.327 e. The van der Waals surface area contributed by atoms with Crippen molar-refractivity contribution in [3.8, 4) is 0 Å². The number of imide groups is 1. The number of sulfonamides is 1. The van der Waals surface area contributed by atoms with Gasteiger partial charge in [0.2, 0.25) is 10.0 Å². The van der Waals surface area contributed by atoms with Crippen LogP contribution >= 0.6 is 0 Å². The molecule has 0 unspecified atom stereocenters. The molecular formula is C22H23N3O7S. The van der Waals surface area contributed by atoms with Crippen LogP contribution in [-0.4, -0.2) is 67.7 Å². The van der Waals surface area contributed by atoms with Gasteiger partial charge in [-0.25, -0.2) is 13.3 Å². The highest BCUT2D eigenvalue weighted by Crippen LogP contribution is 2.22. The monoisotopic (exact) mass is 473 g/mol. The molecule has 2 aromatic rings. The molecule has 0 saturated carbocycles. The lowest BCUT2D eigenvalue weighted by molar-refractivity contribution is -0.145.